The highest BCUT2D eigenvalue weighted by molar-refractivity contribution is 5.96. The average Bonchev–Trinajstić information content (AvgIpc) is 3.20. The van der Waals surface area contributed by atoms with Crippen LogP contribution in [0.25, 0.3) is 0 Å². The number of rotatable bonds is 12. The van der Waals surface area contributed by atoms with E-state index >= 15 is 0 Å². The Morgan fingerprint density at radius 2 is 1.69 bits per heavy atom. The summed E-state index contributed by atoms with van der Waals surface area (Å²) in [6.07, 6.45) is 1.000. The smallest absolute Gasteiger partial charge is 0.326 e. The summed E-state index contributed by atoms with van der Waals surface area (Å²) < 4.78 is 0. The molecule has 0 spiro atoms. The van der Waals surface area contributed by atoms with Gasteiger partial charge in [0.15, 0.2) is 0 Å². The molecule has 32 heavy (non-hydrogen) atoms. The van der Waals surface area contributed by atoms with E-state index in [0.717, 1.165) is 0 Å². The van der Waals surface area contributed by atoms with Gasteiger partial charge in [0, 0.05) is 6.54 Å². The van der Waals surface area contributed by atoms with Gasteiger partial charge in [0.25, 0.3) is 0 Å². The first-order valence-electron chi connectivity index (χ1n) is 11.0. The third-order valence-corrected chi connectivity index (χ3v) is 5.71. The second kappa shape index (κ2) is 12.4. The van der Waals surface area contributed by atoms with Crippen molar-refractivity contribution >= 4 is 29.7 Å². The maximum atomic E-state index is 13.1. The molecule has 182 valence electrons. The lowest BCUT2D eigenvalue weighted by Crippen LogP contribution is -2.57. The van der Waals surface area contributed by atoms with Crippen molar-refractivity contribution < 1.29 is 34.2 Å². The molecule has 1 saturated heterocycles. The molecular formula is C21H36N4O7. The summed E-state index contributed by atoms with van der Waals surface area (Å²) in [6, 6.07) is -4.32. The summed E-state index contributed by atoms with van der Waals surface area (Å²) in [5.41, 5.74) is 5.90. The molecule has 0 aromatic carbocycles. The van der Waals surface area contributed by atoms with Crippen LogP contribution in [0.4, 0.5) is 0 Å². The van der Waals surface area contributed by atoms with E-state index in [2.05, 4.69) is 10.6 Å². The van der Waals surface area contributed by atoms with E-state index in [1.54, 1.807) is 6.92 Å². The minimum absolute atomic E-state index is 0.0302. The van der Waals surface area contributed by atoms with E-state index in [9.17, 15) is 34.2 Å². The Bertz CT molecular complexity index is 712. The van der Waals surface area contributed by atoms with Crippen LogP contribution >= 0.6 is 0 Å². The topological polar surface area (TPSA) is 179 Å². The molecule has 11 heteroatoms. The molecule has 5 unspecified atom stereocenters. The van der Waals surface area contributed by atoms with E-state index in [-0.39, 0.29) is 24.8 Å². The van der Waals surface area contributed by atoms with Gasteiger partial charge in [-0.2, -0.15) is 0 Å². The van der Waals surface area contributed by atoms with Crippen LogP contribution in [0.1, 0.15) is 59.8 Å². The molecular weight excluding hydrogens is 420 g/mol. The lowest BCUT2D eigenvalue weighted by Gasteiger charge is -2.30. The van der Waals surface area contributed by atoms with Gasteiger partial charge in [0.1, 0.15) is 18.1 Å². The van der Waals surface area contributed by atoms with E-state index in [1.807, 2.05) is 20.8 Å². The van der Waals surface area contributed by atoms with Crippen LogP contribution in [0.3, 0.4) is 0 Å². The zero-order valence-electron chi connectivity index (χ0n) is 19.2. The molecule has 1 heterocycles. The van der Waals surface area contributed by atoms with E-state index in [0.29, 0.717) is 19.3 Å². The minimum atomic E-state index is -1.38. The fraction of sp³-hybridized carbons (Fsp3) is 0.762. The molecule has 0 radical (unpaired) electrons. The van der Waals surface area contributed by atoms with Crippen molar-refractivity contribution in [2.24, 2.45) is 17.6 Å². The van der Waals surface area contributed by atoms with Gasteiger partial charge in [-0.1, -0.05) is 34.1 Å². The number of hydrogen-bond acceptors (Lipinski definition) is 6. The van der Waals surface area contributed by atoms with Gasteiger partial charge in [-0.15, -0.1) is 0 Å². The quantitative estimate of drug-likeness (QED) is 0.270. The predicted octanol–water partition coefficient (Wildman–Crippen LogP) is -0.0742. The van der Waals surface area contributed by atoms with Crippen LogP contribution in [0, 0.1) is 11.8 Å². The third kappa shape index (κ3) is 7.77. The molecule has 0 saturated carbocycles. The predicted molar refractivity (Wildman–Crippen MR) is 115 cm³/mol. The zero-order valence-corrected chi connectivity index (χ0v) is 19.2. The number of carbonyl (C=O) groups excluding carboxylic acids is 3. The number of nitrogens with one attached hydrogen (secondary N) is 2. The number of hydrogen-bond donors (Lipinski definition) is 5. The standard InChI is InChI=1S/C21H36N4O7/c1-5-12(4)17(22)19(29)23-13(10-16(26)27)20(30)25-8-6-7-15(25)18(28)24-14(21(31)32)9-11(2)3/h11-15,17H,5-10,22H2,1-4H3,(H,23,29)(H,24,28)(H,26,27)(H,31,32). The number of likely N-dealkylation sites (tertiary alicyclic amines) is 1. The number of carbonyl (C=O) groups is 5. The Balaban J connectivity index is 2.98. The van der Waals surface area contributed by atoms with Gasteiger partial charge < -0.3 is 31.5 Å². The molecule has 11 nitrogen and oxygen atoms in total. The number of aliphatic carboxylic acids is 2. The molecule has 1 aliphatic rings. The van der Waals surface area contributed by atoms with E-state index < -0.39 is 60.2 Å². The van der Waals surface area contributed by atoms with Crippen LogP contribution in [0.2, 0.25) is 0 Å². The zero-order chi connectivity index (χ0) is 24.6. The maximum absolute atomic E-state index is 13.1. The molecule has 1 rings (SSSR count). The highest BCUT2D eigenvalue weighted by Crippen LogP contribution is 2.20. The van der Waals surface area contributed by atoms with Crippen LogP contribution < -0.4 is 16.4 Å². The van der Waals surface area contributed by atoms with Crippen LogP contribution in [-0.2, 0) is 24.0 Å². The van der Waals surface area contributed by atoms with Crippen LogP contribution in [0.15, 0.2) is 0 Å². The summed E-state index contributed by atoms with van der Waals surface area (Å²) in [4.78, 5) is 62.3. The fourth-order valence-electron chi connectivity index (χ4n) is 3.62. The molecule has 6 N–H and O–H groups in total. The van der Waals surface area contributed by atoms with Crippen molar-refractivity contribution in [1.29, 1.82) is 0 Å². The Labute approximate surface area is 188 Å². The first kappa shape index (κ1) is 27.3. The normalized spacial score (nSPS) is 19.7. The first-order chi connectivity index (χ1) is 14.9. The summed E-state index contributed by atoms with van der Waals surface area (Å²) in [5.74, 6) is -4.55. The molecule has 0 aromatic heterocycles. The molecule has 1 aliphatic heterocycles. The first-order valence-corrected chi connectivity index (χ1v) is 11.0. The van der Waals surface area contributed by atoms with Gasteiger partial charge in [0.05, 0.1) is 12.5 Å². The second-order valence-electron chi connectivity index (χ2n) is 8.79. The van der Waals surface area contributed by atoms with E-state index in [4.69, 9.17) is 5.73 Å². The highest BCUT2D eigenvalue weighted by Gasteiger charge is 2.40. The molecule has 0 aliphatic carbocycles. The molecule has 5 atom stereocenters. The number of amides is 3. The van der Waals surface area contributed by atoms with Gasteiger partial charge in [-0.3, -0.25) is 19.2 Å². The van der Waals surface area contributed by atoms with Crippen molar-refractivity contribution in [2.75, 3.05) is 6.54 Å². The number of carboxylic acid groups (broad SMARTS) is 2. The minimum Gasteiger partial charge on any atom is -0.481 e. The van der Waals surface area contributed by atoms with Gasteiger partial charge in [-0.05, 0) is 31.1 Å². The van der Waals surface area contributed by atoms with Crippen molar-refractivity contribution in [2.45, 2.75) is 84.0 Å². The molecule has 0 bridgehead atoms. The lowest BCUT2D eigenvalue weighted by atomic mass is 9.99. The highest BCUT2D eigenvalue weighted by atomic mass is 16.4. The Hall–Kier alpha value is -2.69. The Morgan fingerprint density at radius 3 is 2.19 bits per heavy atom. The molecule has 3 amide bonds. The summed E-state index contributed by atoms with van der Waals surface area (Å²) in [7, 11) is 0. The van der Waals surface area contributed by atoms with Gasteiger partial charge in [-0.25, -0.2) is 4.79 Å². The third-order valence-electron chi connectivity index (χ3n) is 5.71. The van der Waals surface area contributed by atoms with Gasteiger partial charge in [0.2, 0.25) is 17.7 Å². The lowest BCUT2D eigenvalue weighted by molar-refractivity contribution is -0.147. The van der Waals surface area contributed by atoms with Crippen molar-refractivity contribution in [3.8, 4) is 0 Å². The fourth-order valence-corrected chi connectivity index (χ4v) is 3.62. The SMILES string of the molecule is CCC(C)C(N)C(=O)NC(CC(=O)O)C(=O)N1CCCC1C(=O)NC(CC(C)C)C(=O)O. The largest absolute Gasteiger partial charge is 0.481 e. The summed E-state index contributed by atoms with van der Waals surface area (Å²) in [6.45, 7) is 7.49. The van der Waals surface area contributed by atoms with Crippen molar-refractivity contribution in [3.63, 3.8) is 0 Å². The number of nitrogens with two attached hydrogens (primary N) is 1. The molecule has 1 fully saturated rings. The van der Waals surface area contributed by atoms with Crippen molar-refractivity contribution in [1.82, 2.24) is 15.5 Å². The number of nitrogens with zero attached hydrogens (tertiary/aromatic N) is 1. The Kier molecular flexibility index (Phi) is 10.6. The van der Waals surface area contributed by atoms with Crippen LogP contribution in [0.5, 0.6) is 0 Å². The van der Waals surface area contributed by atoms with Crippen molar-refractivity contribution in [3.05, 3.63) is 0 Å². The second-order valence-corrected chi connectivity index (χ2v) is 8.79. The van der Waals surface area contributed by atoms with Crippen LogP contribution in [-0.4, -0.2) is 75.5 Å². The molecule has 0 aromatic rings. The Morgan fingerprint density at radius 1 is 1.06 bits per heavy atom. The van der Waals surface area contributed by atoms with Gasteiger partial charge >= 0.3 is 11.9 Å². The summed E-state index contributed by atoms with van der Waals surface area (Å²) in [5, 5.41) is 23.5. The average molecular weight is 457 g/mol. The number of carboxylic acids is 2. The van der Waals surface area contributed by atoms with E-state index in [1.165, 1.54) is 4.90 Å². The maximum Gasteiger partial charge on any atom is 0.326 e. The monoisotopic (exact) mass is 456 g/mol. The summed E-state index contributed by atoms with van der Waals surface area (Å²) >= 11 is 0.